The van der Waals surface area contributed by atoms with Crippen molar-refractivity contribution in [2.75, 3.05) is 23.7 Å². The van der Waals surface area contributed by atoms with Crippen LogP contribution in [0.4, 0.5) is 16.3 Å². The first kappa shape index (κ1) is 27.3. The summed E-state index contributed by atoms with van der Waals surface area (Å²) in [5.74, 6) is 0.200. The molecule has 0 aliphatic carbocycles. The molecule has 8 heteroatoms. The Kier molecular flexibility index (Phi) is 9.15. The number of anilines is 2. The van der Waals surface area contributed by atoms with E-state index in [0.29, 0.717) is 23.1 Å². The predicted molar refractivity (Wildman–Crippen MR) is 147 cm³/mol. The number of nitrogens with one attached hydrogen (secondary N) is 2. The highest BCUT2D eigenvalue weighted by Gasteiger charge is 2.24. The third-order valence-electron chi connectivity index (χ3n) is 5.87. The molecule has 0 saturated heterocycles. The molecule has 0 unspecified atom stereocenters. The first-order valence-corrected chi connectivity index (χ1v) is 12.7. The van der Waals surface area contributed by atoms with Crippen LogP contribution in [0.2, 0.25) is 5.02 Å². The molecular weight excluding hydrogens is 474 g/mol. The standard InChI is InChI=1S/C28H36ClN5O2/c1-6-7-12-17-33(27(36)30-22-15-10-8-13-20(22)2)19-26(35)31-25-18-24(28(3,4)5)32-34(25)23-16-11-9-14-21(23)29/h8-11,13-16,18H,6-7,12,17,19H2,1-5H3,(H,30,36)(H,31,35). The molecule has 2 N–H and O–H groups in total. The van der Waals surface area contributed by atoms with E-state index in [0.717, 1.165) is 36.2 Å². The first-order chi connectivity index (χ1) is 17.1. The van der Waals surface area contributed by atoms with Gasteiger partial charge in [0.05, 0.1) is 16.4 Å². The van der Waals surface area contributed by atoms with Gasteiger partial charge in [-0.25, -0.2) is 9.48 Å². The van der Waals surface area contributed by atoms with Crippen LogP contribution < -0.4 is 10.6 Å². The Morgan fingerprint density at radius 2 is 1.72 bits per heavy atom. The summed E-state index contributed by atoms with van der Waals surface area (Å²) < 4.78 is 1.65. The Bertz CT molecular complexity index is 1200. The molecule has 0 aliphatic rings. The van der Waals surface area contributed by atoms with Crippen molar-refractivity contribution >= 4 is 35.0 Å². The predicted octanol–water partition coefficient (Wildman–Crippen LogP) is 6.79. The molecule has 3 aromatic rings. The fourth-order valence-electron chi connectivity index (χ4n) is 3.71. The van der Waals surface area contributed by atoms with Crippen molar-refractivity contribution in [2.45, 2.75) is 59.3 Å². The van der Waals surface area contributed by atoms with Gasteiger partial charge in [-0.05, 0) is 37.1 Å². The summed E-state index contributed by atoms with van der Waals surface area (Å²) in [6.45, 7) is 10.6. The number of urea groups is 1. The monoisotopic (exact) mass is 509 g/mol. The second-order valence-corrected chi connectivity index (χ2v) is 10.4. The van der Waals surface area contributed by atoms with Gasteiger partial charge in [0.2, 0.25) is 5.91 Å². The number of halogens is 1. The zero-order valence-corrected chi connectivity index (χ0v) is 22.5. The molecule has 0 saturated carbocycles. The Labute approximate surface area is 218 Å². The normalized spacial score (nSPS) is 11.3. The van der Waals surface area contributed by atoms with Gasteiger partial charge in [-0.2, -0.15) is 5.10 Å². The molecule has 36 heavy (non-hydrogen) atoms. The van der Waals surface area contributed by atoms with Gasteiger partial charge in [0.1, 0.15) is 12.4 Å². The van der Waals surface area contributed by atoms with Gasteiger partial charge in [0, 0.05) is 23.7 Å². The molecule has 3 amide bonds. The van der Waals surface area contributed by atoms with Crippen LogP contribution in [-0.2, 0) is 10.2 Å². The van der Waals surface area contributed by atoms with Gasteiger partial charge in [-0.15, -0.1) is 0 Å². The second kappa shape index (κ2) is 12.1. The van der Waals surface area contributed by atoms with Crippen molar-refractivity contribution in [3.8, 4) is 5.69 Å². The second-order valence-electron chi connectivity index (χ2n) is 9.95. The zero-order chi connectivity index (χ0) is 26.3. The third-order valence-corrected chi connectivity index (χ3v) is 6.19. The minimum atomic E-state index is -0.305. The van der Waals surface area contributed by atoms with Crippen LogP contribution in [0.3, 0.4) is 0 Å². The smallest absolute Gasteiger partial charge is 0.315 e. The number of para-hydroxylation sites is 2. The summed E-state index contributed by atoms with van der Waals surface area (Å²) in [4.78, 5) is 27.9. The highest BCUT2D eigenvalue weighted by molar-refractivity contribution is 6.32. The van der Waals surface area contributed by atoms with Gasteiger partial charge >= 0.3 is 6.03 Å². The highest BCUT2D eigenvalue weighted by atomic mass is 35.5. The number of aromatic nitrogens is 2. The molecule has 2 aromatic carbocycles. The first-order valence-electron chi connectivity index (χ1n) is 12.4. The maximum absolute atomic E-state index is 13.2. The van der Waals surface area contributed by atoms with E-state index in [1.807, 2.05) is 55.5 Å². The summed E-state index contributed by atoms with van der Waals surface area (Å²) in [5, 5.41) is 11.2. The molecule has 0 atom stereocenters. The summed E-state index contributed by atoms with van der Waals surface area (Å²) in [6, 6.07) is 16.5. The van der Waals surface area contributed by atoms with Crippen LogP contribution in [-0.4, -0.2) is 39.7 Å². The van der Waals surface area contributed by atoms with Crippen molar-refractivity contribution in [2.24, 2.45) is 0 Å². The van der Waals surface area contributed by atoms with Crippen LogP contribution in [0.25, 0.3) is 5.69 Å². The molecule has 7 nitrogen and oxygen atoms in total. The average Bonchev–Trinajstić information content (AvgIpc) is 3.24. The number of benzene rings is 2. The minimum absolute atomic E-state index is 0.0834. The van der Waals surface area contributed by atoms with E-state index in [-0.39, 0.29) is 23.9 Å². The number of hydrogen-bond acceptors (Lipinski definition) is 3. The van der Waals surface area contributed by atoms with Crippen LogP contribution >= 0.6 is 11.6 Å². The summed E-state index contributed by atoms with van der Waals surface area (Å²) >= 11 is 6.44. The molecule has 0 fully saturated rings. The number of aryl methyl sites for hydroxylation is 1. The number of carbonyl (C=O) groups is 2. The van der Waals surface area contributed by atoms with Gasteiger partial charge in [0.15, 0.2) is 0 Å². The van der Waals surface area contributed by atoms with Gasteiger partial charge in [-0.1, -0.05) is 82.5 Å². The van der Waals surface area contributed by atoms with Crippen molar-refractivity contribution in [1.82, 2.24) is 14.7 Å². The van der Waals surface area contributed by atoms with E-state index in [9.17, 15) is 9.59 Å². The lowest BCUT2D eigenvalue weighted by Gasteiger charge is -2.23. The molecule has 1 heterocycles. The largest absolute Gasteiger partial charge is 0.322 e. The van der Waals surface area contributed by atoms with Crippen molar-refractivity contribution in [3.63, 3.8) is 0 Å². The number of unbranched alkanes of at least 4 members (excludes halogenated alkanes) is 2. The van der Waals surface area contributed by atoms with E-state index in [2.05, 4.69) is 38.3 Å². The molecule has 0 radical (unpaired) electrons. The molecule has 0 bridgehead atoms. The Hall–Kier alpha value is -3.32. The van der Waals surface area contributed by atoms with Crippen LogP contribution in [0, 0.1) is 6.92 Å². The quantitative estimate of drug-likeness (QED) is 0.311. The van der Waals surface area contributed by atoms with Crippen LogP contribution in [0.15, 0.2) is 54.6 Å². The molecule has 1 aromatic heterocycles. The van der Waals surface area contributed by atoms with Crippen LogP contribution in [0.5, 0.6) is 0 Å². The lowest BCUT2D eigenvalue weighted by molar-refractivity contribution is -0.116. The lowest BCUT2D eigenvalue weighted by atomic mass is 9.92. The molecular formula is C28H36ClN5O2. The Morgan fingerprint density at radius 1 is 1.03 bits per heavy atom. The van der Waals surface area contributed by atoms with Gasteiger partial charge < -0.3 is 15.5 Å². The fraction of sp³-hybridized carbons (Fsp3) is 0.393. The number of amides is 3. The van der Waals surface area contributed by atoms with Crippen molar-refractivity contribution in [3.05, 3.63) is 70.9 Å². The number of hydrogen-bond donors (Lipinski definition) is 2. The molecule has 0 spiro atoms. The fourth-order valence-corrected chi connectivity index (χ4v) is 3.93. The zero-order valence-electron chi connectivity index (χ0n) is 21.8. The molecule has 0 aliphatic heterocycles. The number of carbonyl (C=O) groups excluding carboxylic acids is 2. The number of rotatable bonds is 9. The summed E-state index contributed by atoms with van der Waals surface area (Å²) in [6.07, 6.45) is 2.81. The molecule has 3 rings (SSSR count). The summed E-state index contributed by atoms with van der Waals surface area (Å²) in [7, 11) is 0. The third kappa shape index (κ3) is 7.10. The average molecular weight is 510 g/mol. The van der Waals surface area contributed by atoms with Crippen molar-refractivity contribution in [1.29, 1.82) is 0 Å². The molecule has 192 valence electrons. The van der Waals surface area contributed by atoms with E-state index in [1.54, 1.807) is 15.6 Å². The Morgan fingerprint density at radius 3 is 2.39 bits per heavy atom. The maximum atomic E-state index is 13.2. The summed E-state index contributed by atoms with van der Waals surface area (Å²) in [5.41, 5.74) is 2.94. The Balaban J connectivity index is 1.82. The highest BCUT2D eigenvalue weighted by Crippen LogP contribution is 2.29. The number of nitrogens with zero attached hydrogens (tertiary/aromatic N) is 3. The SMILES string of the molecule is CCCCCN(CC(=O)Nc1cc(C(C)(C)C)nn1-c1ccccc1Cl)C(=O)Nc1ccccc1C. The maximum Gasteiger partial charge on any atom is 0.322 e. The van der Waals surface area contributed by atoms with Gasteiger partial charge in [0.25, 0.3) is 0 Å². The topological polar surface area (TPSA) is 79.3 Å². The van der Waals surface area contributed by atoms with Crippen molar-refractivity contribution < 1.29 is 9.59 Å². The van der Waals surface area contributed by atoms with E-state index in [1.165, 1.54) is 0 Å². The van der Waals surface area contributed by atoms with E-state index < -0.39 is 0 Å². The van der Waals surface area contributed by atoms with Crippen LogP contribution in [0.1, 0.15) is 58.2 Å². The minimum Gasteiger partial charge on any atom is -0.315 e. The van der Waals surface area contributed by atoms with E-state index in [4.69, 9.17) is 16.7 Å². The lowest BCUT2D eigenvalue weighted by Crippen LogP contribution is -2.41. The van der Waals surface area contributed by atoms with Gasteiger partial charge in [-0.3, -0.25) is 4.79 Å². The van der Waals surface area contributed by atoms with E-state index >= 15 is 0 Å².